The number of hydrogen-bond donors (Lipinski definition) is 1. The smallest absolute Gasteiger partial charge is 0.118 e. The molecule has 1 atom stereocenters. The van der Waals surface area contributed by atoms with Crippen LogP contribution in [0.5, 0.6) is 5.75 Å². The van der Waals surface area contributed by atoms with Crippen LogP contribution in [0.25, 0.3) is 0 Å². The normalized spacial score (nSPS) is 12.5. The minimum Gasteiger partial charge on any atom is -0.497 e. The first-order chi connectivity index (χ1) is 6.76. The number of rotatable bonds is 5. The van der Waals surface area contributed by atoms with Crippen molar-refractivity contribution in [2.75, 3.05) is 18.7 Å². The Hall–Kier alpha value is -0.380. The molecule has 1 N–H and O–H groups in total. The predicted octanol–water partition coefficient (Wildman–Crippen LogP) is 2.39. The molecule has 78 valence electrons. The molecule has 1 unspecified atom stereocenters. The van der Waals surface area contributed by atoms with Crippen LogP contribution < -0.4 is 4.74 Å². The number of benzene rings is 1. The molecule has 0 aromatic heterocycles. The van der Waals surface area contributed by atoms with Crippen molar-refractivity contribution in [1.82, 2.24) is 0 Å². The van der Waals surface area contributed by atoms with Crippen molar-refractivity contribution >= 4 is 23.4 Å². The van der Waals surface area contributed by atoms with Crippen molar-refractivity contribution in [3.63, 3.8) is 0 Å². The van der Waals surface area contributed by atoms with Gasteiger partial charge in [-0.15, -0.1) is 23.4 Å². The standard InChI is InChI=1S/C10H13ClO2S/c1-13-9-2-4-10(5-3-9)14-7-8(12)6-11/h2-5,8,12H,6-7H2,1H3. The van der Waals surface area contributed by atoms with E-state index in [1.807, 2.05) is 24.3 Å². The molecule has 4 heteroatoms. The SMILES string of the molecule is COc1ccc(SCC(O)CCl)cc1. The van der Waals surface area contributed by atoms with Gasteiger partial charge in [-0.3, -0.25) is 0 Å². The Bertz CT molecular complexity index is 263. The monoisotopic (exact) mass is 232 g/mol. The maximum atomic E-state index is 9.24. The van der Waals surface area contributed by atoms with E-state index in [0.29, 0.717) is 5.75 Å². The molecule has 0 saturated heterocycles. The molecule has 0 saturated carbocycles. The van der Waals surface area contributed by atoms with E-state index in [4.69, 9.17) is 16.3 Å². The first-order valence-electron chi connectivity index (χ1n) is 4.27. The highest BCUT2D eigenvalue weighted by atomic mass is 35.5. The van der Waals surface area contributed by atoms with Gasteiger partial charge in [-0.1, -0.05) is 0 Å². The van der Waals surface area contributed by atoms with Crippen molar-refractivity contribution in [2.45, 2.75) is 11.0 Å². The summed E-state index contributed by atoms with van der Waals surface area (Å²) in [5, 5.41) is 9.24. The van der Waals surface area contributed by atoms with Gasteiger partial charge >= 0.3 is 0 Å². The quantitative estimate of drug-likeness (QED) is 0.625. The number of methoxy groups -OCH3 is 1. The molecule has 0 radical (unpaired) electrons. The number of ether oxygens (including phenoxy) is 1. The van der Waals surface area contributed by atoms with Gasteiger partial charge in [0.25, 0.3) is 0 Å². The summed E-state index contributed by atoms with van der Waals surface area (Å²) in [6.07, 6.45) is -0.441. The highest BCUT2D eigenvalue weighted by Crippen LogP contribution is 2.21. The van der Waals surface area contributed by atoms with Crippen molar-refractivity contribution in [3.8, 4) is 5.75 Å². The van der Waals surface area contributed by atoms with Gasteiger partial charge in [0.2, 0.25) is 0 Å². The molecular formula is C10H13ClO2S. The molecule has 1 aromatic rings. The van der Waals surface area contributed by atoms with Crippen molar-refractivity contribution in [1.29, 1.82) is 0 Å². The Balaban J connectivity index is 2.43. The molecule has 0 aliphatic rings. The molecule has 1 aromatic carbocycles. The predicted molar refractivity (Wildman–Crippen MR) is 60.4 cm³/mol. The Morgan fingerprint density at radius 3 is 2.57 bits per heavy atom. The second kappa shape index (κ2) is 6.17. The second-order valence-electron chi connectivity index (χ2n) is 2.79. The van der Waals surface area contributed by atoms with Crippen LogP contribution in [0, 0.1) is 0 Å². The zero-order valence-electron chi connectivity index (χ0n) is 7.94. The lowest BCUT2D eigenvalue weighted by molar-refractivity contribution is 0.223. The first kappa shape index (κ1) is 11.7. The molecular weight excluding hydrogens is 220 g/mol. The van der Waals surface area contributed by atoms with Gasteiger partial charge in [-0.2, -0.15) is 0 Å². The van der Waals surface area contributed by atoms with Crippen molar-refractivity contribution in [3.05, 3.63) is 24.3 Å². The summed E-state index contributed by atoms with van der Waals surface area (Å²) in [7, 11) is 1.64. The van der Waals surface area contributed by atoms with Gasteiger partial charge in [0.05, 0.1) is 13.2 Å². The number of alkyl halides is 1. The van der Waals surface area contributed by atoms with E-state index in [1.54, 1.807) is 18.9 Å². The van der Waals surface area contributed by atoms with Gasteiger partial charge in [0.1, 0.15) is 5.75 Å². The molecule has 1 rings (SSSR count). The second-order valence-corrected chi connectivity index (χ2v) is 4.20. The summed E-state index contributed by atoms with van der Waals surface area (Å²) in [6.45, 7) is 0. The van der Waals surface area contributed by atoms with E-state index in [2.05, 4.69) is 0 Å². The minimum absolute atomic E-state index is 0.281. The van der Waals surface area contributed by atoms with E-state index in [1.165, 1.54) is 0 Å². The number of halogens is 1. The third kappa shape index (κ3) is 3.78. The largest absolute Gasteiger partial charge is 0.497 e. The van der Waals surface area contributed by atoms with Gasteiger partial charge in [-0.25, -0.2) is 0 Å². The van der Waals surface area contributed by atoms with E-state index in [-0.39, 0.29) is 5.88 Å². The number of hydrogen-bond acceptors (Lipinski definition) is 3. The summed E-state index contributed by atoms with van der Waals surface area (Å²) in [5.74, 6) is 1.74. The van der Waals surface area contributed by atoms with Crippen LogP contribution in [-0.2, 0) is 0 Å². The summed E-state index contributed by atoms with van der Waals surface area (Å²) in [5.41, 5.74) is 0. The lowest BCUT2D eigenvalue weighted by atomic mass is 10.3. The van der Waals surface area contributed by atoms with Crippen LogP contribution in [0.1, 0.15) is 0 Å². The maximum absolute atomic E-state index is 9.24. The fourth-order valence-electron chi connectivity index (χ4n) is 0.909. The number of thioether (sulfide) groups is 1. The van der Waals surface area contributed by atoms with E-state index >= 15 is 0 Å². The Morgan fingerprint density at radius 1 is 1.43 bits per heavy atom. The third-order valence-corrected chi connectivity index (χ3v) is 3.19. The highest BCUT2D eigenvalue weighted by molar-refractivity contribution is 7.99. The molecule has 0 aliphatic carbocycles. The first-order valence-corrected chi connectivity index (χ1v) is 5.79. The zero-order valence-corrected chi connectivity index (χ0v) is 9.52. The molecule has 0 spiro atoms. The Kier molecular flexibility index (Phi) is 5.15. The third-order valence-electron chi connectivity index (χ3n) is 1.68. The molecule has 0 amide bonds. The Labute approximate surface area is 93.2 Å². The van der Waals surface area contributed by atoms with Gasteiger partial charge in [-0.05, 0) is 24.3 Å². The van der Waals surface area contributed by atoms with Crippen LogP contribution in [0.2, 0.25) is 0 Å². The fraction of sp³-hybridized carbons (Fsp3) is 0.400. The fourth-order valence-corrected chi connectivity index (χ4v) is 1.98. The lowest BCUT2D eigenvalue weighted by Gasteiger charge is -2.06. The van der Waals surface area contributed by atoms with Crippen molar-refractivity contribution < 1.29 is 9.84 Å². The van der Waals surface area contributed by atoms with Gasteiger partial charge in [0.15, 0.2) is 0 Å². The van der Waals surface area contributed by atoms with Crippen molar-refractivity contribution in [2.24, 2.45) is 0 Å². The van der Waals surface area contributed by atoms with Crippen LogP contribution in [0.15, 0.2) is 29.2 Å². The minimum atomic E-state index is -0.441. The molecule has 0 heterocycles. The summed E-state index contributed by atoms with van der Waals surface area (Å²) < 4.78 is 5.04. The lowest BCUT2D eigenvalue weighted by Crippen LogP contribution is -2.10. The summed E-state index contributed by atoms with van der Waals surface area (Å²) in [6, 6.07) is 7.72. The average Bonchev–Trinajstić information content (AvgIpc) is 2.26. The van der Waals surface area contributed by atoms with Gasteiger partial charge < -0.3 is 9.84 Å². The highest BCUT2D eigenvalue weighted by Gasteiger charge is 2.02. The maximum Gasteiger partial charge on any atom is 0.118 e. The molecule has 2 nitrogen and oxygen atoms in total. The van der Waals surface area contributed by atoms with Crippen LogP contribution >= 0.6 is 23.4 Å². The molecule has 0 bridgehead atoms. The van der Waals surface area contributed by atoms with Crippen LogP contribution in [0.4, 0.5) is 0 Å². The summed E-state index contributed by atoms with van der Waals surface area (Å²) in [4.78, 5) is 1.11. The van der Waals surface area contributed by atoms with E-state index in [9.17, 15) is 5.11 Å². The molecule has 0 fully saturated rings. The van der Waals surface area contributed by atoms with Crippen LogP contribution in [0.3, 0.4) is 0 Å². The molecule has 0 aliphatic heterocycles. The van der Waals surface area contributed by atoms with E-state index in [0.717, 1.165) is 10.6 Å². The Morgan fingerprint density at radius 2 is 2.07 bits per heavy atom. The number of aliphatic hydroxyl groups is 1. The topological polar surface area (TPSA) is 29.5 Å². The summed E-state index contributed by atoms with van der Waals surface area (Å²) >= 11 is 7.06. The zero-order chi connectivity index (χ0) is 10.4. The van der Waals surface area contributed by atoms with Gasteiger partial charge in [0, 0.05) is 16.5 Å². The molecule has 14 heavy (non-hydrogen) atoms. The van der Waals surface area contributed by atoms with E-state index < -0.39 is 6.10 Å². The average molecular weight is 233 g/mol. The van der Waals surface area contributed by atoms with Crippen LogP contribution in [-0.4, -0.2) is 30.0 Å². The number of aliphatic hydroxyl groups excluding tert-OH is 1.